The number of carbonyl (C=O) groups is 1. The van der Waals surface area contributed by atoms with Gasteiger partial charge in [0, 0.05) is 25.2 Å². The number of ether oxygens (including phenoxy) is 3. The lowest BCUT2D eigenvalue weighted by Gasteiger charge is -2.45. The fourth-order valence-corrected chi connectivity index (χ4v) is 4.47. The Kier molecular flexibility index (Phi) is 6.42. The van der Waals surface area contributed by atoms with E-state index in [2.05, 4.69) is 24.0 Å². The normalized spacial score (nSPS) is 23.5. The molecule has 27 heavy (non-hydrogen) atoms. The van der Waals surface area contributed by atoms with Gasteiger partial charge in [-0.2, -0.15) is 0 Å². The average Bonchev–Trinajstić information content (AvgIpc) is 2.67. The van der Waals surface area contributed by atoms with Crippen molar-refractivity contribution in [3.05, 3.63) is 34.9 Å². The topological polar surface area (TPSA) is 48.0 Å². The molecule has 148 valence electrons. The fourth-order valence-electron chi connectivity index (χ4n) is 4.47. The molecule has 0 aromatic heterocycles. The average molecular weight is 373 g/mol. The van der Waals surface area contributed by atoms with Crippen LogP contribution in [-0.4, -0.2) is 44.8 Å². The molecule has 1 aromatic carbocycles. The van der Waals surface area contributed by atoms with Crippen LogP contribution >= 0.6 is 0 Å². The quantitative estimate of drug-likeness (QED) is 0.559. The molecule has 0 spiro atoms. The first-order chi connectivity index (χ1) is 13.1. The minimum Gasteiger partial charge on any atom is -0.493 e. The molecule has 0 aliphatic carbocycles. The highest BCUT2D eigenvalue weighted by Gasteiger charge is 2.36. The first kappa shape index (κ1) is 19.7. The number of fused-ring (bicyclic) bond motifs is 3. The highest BCUT2D eigenvalue weighted by Crippen LogP contribution is 2.45. The lowest BCUT2D eigenvalue weighted by Crippen LogP contribution is -2.43. The van der Waals surface area contributed by atoms with Crippen LogP contribution in [0, 0.1) is 5.92 Å². The summed E-state index contributed by atoms with van der Waals surface area (Å²) < 4.78 is 16.2. The minimum atomic E-state index is -0.217. The van der Waals surface area contributed by atoms with Gasteiger partial charge in [0.25, 0.3) is 0 Å². The first-order valence-corrected chi connectivity index (χ1v) is 9.97. The lowest BCUT2D eigenvalue weighted by atomic mass is 9.78. The third-order valence-electron chi connectivity index (χ3n) is 5.75. The Hall–Kier alpha value is -2.01. The Bertz CT molecular complexity index is 713. The van der Waals surface area contributed by atoms with Gasteiger partial charge in [-0.15, -0.1) is 0 Å². The van der Waals surface area contributed by atoms with Crippen LogP contribution in [0.15, 0.2) is 23.8 Å². The molecule has 2 heterocycles. The van der Waals surface area contributed by atoms with Crippen molar-refractivity contribution in [2.75, 3.05) is 33.9 Å². The molecule has 0 bridgehead atoms. The number of esters is 1. The van der Waals surface area contributed by atoms with Crippen molar-refractivity contribution in [1.82, 2.24) is 4.90 Å². The van der Waals surface area contributed by atoms with Crippen LogP contribution < -0.4 is 9.47 Å². The van der Waals surface area contributed by atoms with E-state index >= 15 is 0 Å². The molecule has 1 fully saturated rings. The van der Waals surface area contributed by atoms with E-state index in [1.54, 1.807) is 20.3 Å². The molecule has 5 nitrogen and oxygen atoms in total. The van der Waals surface area contributed by atoms with Gasteiger partial charge < -0.3 is 14.2 Å². The van der Waals surface area contributed by atoms with E-state index in [0.29, 0.717) is 12.5 Å². The van der Waals surface area contributed by atoms with Crippen LogP contribution in [0.25, 0.3) is 0 Å². The van der Waals surface area contributed by atoms with Gasteiger partial charge >= 0.3 is 5.97 Å². The molecule has 2 atom stereocenters. The summed E-state index contributed by atoms with van der Waals surface area (Å²) in [6.07, 6.45) is 5.85. The maximum Gasteiger partial charge on any atom is 0.330 e. The third-order valence-corrected chi connectivity index (χ3v) is 5.75. The molecule has 2 aliphatic heterocycles. The van der Waals surface area contributed by atoms with Gasteiger partial charge in [-0.25, -0.2) is 4.79 Å². The van der Waals surface area contributed by atoms with Gasteiger partial charge in [0.1, 0.15) is 0 Å². The second kappa shape index (κ2) is 8.79. The maximum atomic E-state index is 12.1. The third kappa shape index (κ3) is 4.13. The molecule has 0 amide bonds. The smallest absolute Gasteiger partial charge is 0.330 e. The number of methoxy groups -OCH3 is 2. The highest BCUT2D eigenvalue weighted by molar-refractivity contribution is 5.83. The Balaban J connectivity index is 1.94. The van der Waals surface area contributed by atoms with Crippen molar-refractivity contribution in [2.24, 2.45) is 5.92 Å². The number of hydrogen-bond donors (Lipinski definition) is 0. The Morgan fingerprint density at radius 3 is 2.63 bits per heavy atom. The van der Waals surface area contributed by atoms with E-state index in [-0.39, 0.29) is 12.0 Å². The molecule has 0 unspecified atom stereocenters. The number of piperidine rings is 1. The van der Waals surface area contributed by atoms with E-state index in [0.717, 1.165) is 50.3 Å². The predicted molar refractivity (Wildman–Crippen MR) is 105 cm³/mol. The molecule has 0 radical (unpaired) electrons. The molecule has 3 rings (SSSR count). The molecular weight excluding hydrogens is 342 g/mol. The van der Waals surface area contributed by atoms with Crippen LogP contribution in [0.5, 0.6) is 11.5 Å². The summed E-state index contributed by atoms with van der Waals surface area (Å²) in [5, 5.41) is 0. The van der Waals surface area contributed by atoms with Crippen molar-refractivity contribution in [3.8, 4) is 11.5 Å². The van der Waals surface area contributed by atoms with Crippen LogP contribution in [0.2, 0.25) is 0 Å². The zero-order chi connectivity index (χ0) is 19.4. The maximum absolute atomic E-state index is 12.1. The Labute approximate surface area is 162 Å². The Morgan fingerprint density at radius 1 is 1.22 bits per heavy atom. The molecular formula is C22H31NO4. The van der Waals surface area contributed by atoms with Crippen molar-refractivity contribution < 1.29 is 19.0 Å². The zero-order valence-electron chi connectivity index (χ0n) is 16.9. The summed E-state index contributed by atoms with van der Waals surface area (Å²) >= 11 is 0. The first-order valence-electron chi connectivity index (χ1n) is 9.97. The highest BCUT2D eigenvalue weighted by atomic mass is 16.5. The van der Waals surface area contributed by atoms with Gasteiger partial charge in [-0.05, 0) is 55.4 Å². The van der Waals surface area contributed by atoms with Crippen LogP contribution in [-0.2, 0) is 16.0 Å². The summed E-state index contributed by atoms with van der Waals surface area (Å²) in [4.78, 5) is 14.7. The van der Waals surface area contributed by atoms with Crippen LogP contribution in [0.1, 0.15) is 50.3 Å². The zero-order valence-corrected chi connectivity index (χ0v) is 16.9. The van der Waals surface area contributed by atoms with E-state index in [9.17, 15) is 4.79 Å². The van der Waals surface area contributed by atoms with Gasteiger partial charge in [0.05, 0.1) is 20.8 Å². The monoisotopic (exact) mass is 373 g/mol. The number of carbonyl (C=O) groups excluding carboxylic acids is 1. The molecule has 5 heteroatoms. The van der Waals surface area contributed by atoms with Crippen LogP contribution in [0.4, 0.5) is 0 Å². The number of rotatable bonds is 6. The summed E-state index contributed by atoms with van der Waals surface area (Å²) in [5.74, 6) is 1.76. The molecule has 1 aromatic rings. The van der Waals surface area contributed by atoms with Gasteiger partial charge in [0.15, 0.2) is 11.5 Å². The van der Waals surface area contributed by atoms with Crippen LogP contribution in [0.3, 0.4) is 0 Å². The van der Waals surface area contributed by atoms with Gasteiger partial charge in [0.2, 0.25) is 0 Å². The molecule has 0 saturated carbocycles. The van der Waals surface area contributed by atoms with E-state index in [1.807, 2.05) is 6.92 Å². The number of benzene rings is 1. The minimum absolute atomic E-state index is 0.217. The second-order valence-corrected chi connectivity index (χ2v) is 7.33. The second-order valence-electron chi connectivity index (χ2n) is 7.33. The van der Waals surface area contributed by atoms with Crippen molar-refractivity contribution >= 4 is 5.97 Å². The number of hydrogen-bond acceptors (Lipinski definition) is 5. The molecule has 2 aliphatic rings. The fraction of sp³-hybridized carbons (Fsp3) is 0.591. The summed E-state index contributed by atoms with van der Waals surface area (Å²) in [7, 11) is 3.35. The van der Waals surface area contributed by atoms with E-state index in [1.165, 1.54) is 16.7 Å². The standard InChI is InChI=1S/C22H31NO4/c1-5-7-16-14-23-9-8-15-11-20(25-3)21(26-4)13-18(15)19(23)10-17(16)12-22(24)27-6-2/h11-13,16,19H,5-10,14H2,1-4H3/b17-12-/t16-,19-/m0/s1. The largest absolute Gasteiger partial charge is 0.493 e. The lowest BCUT2D eigenvalue weighted by molar-refractivity contribution is -0.137. The van der Waals surface area contributed by atoms with Crippen molar-refractivity contribution in [3.63, 3.8) is 0 Å². The van der Waals surface area contributed by atoms with Crippen molar-refractivity contribution in [2.45, 2.75) is 45.6 Å². The summed E-state index contributed by atoms with van der Waals surface area (Å²) in [6.45, 7) is 6.50. The van der Waals surface area contributed by atoms with Gasteiger partial charge in [-0.1, -0.05) is 18.9 Å². The van der Waals surface area contributed by atoms with Crippen molar-refractivity contribution in [1.29, 1.82) is 0 Å². The SMILES string of the molecule is CCC[C@H]1CN2CCc3cc(OC)c(OC)cc3[C@@H]2C/C1=C/C(=O)OCC. The summed E-state index contributed by atoms with van der Waals surface area (Å²) in [6, 6.07) is 4.51. The molecule has 1 saturated heterocycles. The number of nitrogens with zero attached hydrogens (tertiary/aromatic N) is 1. The predicted octanol–water partition coefficient (Wildman–Crippen LogP) is 3.91. The molecule has 0 N–H and O–H groups in total. The van der Waals surface area contributed by atoms with E-state index in [4.69, 9.17) is 14.2 Å². The van der Waals surface area contributed by atoms with E-state index < -0.39 is 0 Å². The Morgan fingerprint density at radius 2 is 1.96 bits per heavy atom. The summed E-state index contributed by atoms with van der Waals surface area (Å²) in [5.41, 5.74) is 3.83. The van der Waals surface area contributed by atoms with Gasteiger partial charge in [-0.3, -0.25) is 4.90 Å².